The molecule has 0 bridgehead atoms. The van der Waals surface area contributed by atoms with E-state index in [0.717, 1.165) is 38.5 Å². The maximum Gasteiger partial charge on any atom is 0.306 e. The van der Waals surface area contributed by atoms with Gasteiger partial charge in [0.2, 0.25) is 0 Å². The fraction of sp³-hybridized carbons (Fsp3) is 0.929. The first-order valence-electron chi connectivity index (χ1n) is 14.9. The molecule has 12 nitrogen and oxygen atoms in total. The molecule has 0 spiro atoms. The van der Waals surface area contributed by atoms with Crippen molar-refractivity contribution in [3.8, 4) is 0 Å². The van der Waals surface area contributed by atoms with E-state index in [1.54, 1.807) is 0 Å². The quantitative estimate of drug-likeness (QED) is 0.208. The molecule has 0 amide bonds. The Labute approximate surface area is 236 Å². The molecule has 0 N–H and O–H groups in total. The van der Waals surface area contributed by atoms with Gasteiger partial charge in [-0.25, -0.2) is 0 Å². The van der Waals surface area contributed by atoms with Crippen LogP contribution in [0.15, 0.2) is 0 Å². The van der Waals surface area contributed by atoms with E-state index in [2.05, 4.69) is 0 Å². The van der Waals surface area contributed by atoms with Crippen LogP contribution in [-0.2, 0) is 57.0 Å². The first-order valence-corrected chi connectivity index (χ1v) is 14.9. The van der Waals surface area contributed by atoms with Gasteiger partial charge in [-0.05, 0) is 12.8 Å². The molecule has 4 saturated heterocycles. The second-order valence-electron chi connectivity index (χ2n) is 10.5. The van der Waals surface area contributed by atoms with Gasteiger partial charge in [-0.15, -0.1) is 0 Å². The van der Waals surface area contributed by atoms with Gasteiger partial charge in [-0.1, -0.05) is 25.7 Å². The lowest BCUT2D eigenvalue weighted by atomic mass is 10.1. The fourth-order valence-corrected chi connectivity index (χ4v) is 5.23. The average molecular weight is 575 g/mol. The molecule has 12 heteroatoms. The Hall–Kier alpha value is -1.38. The Morgan fingerprint density at radius 3 is 1.05 bits per heavy atom. The molecule has 4 unspecified atom stereocenters. The van der Waals surface area contributed by atoms with Gasteiger partial charge >= 0.3 is 11.9 Å². The predicted octanol–water partition coefficient (Wildman–Crippen LogP) is 1.59. The van der Waals surface area contributed by atoms with Crippen LogP contribution < -0.4 is 0 Å². The monoisotopic (exact) mass is 574 g/mol. The summed E-state index contributed by atoms with van der Waals surface area (Å²) in [5.74, 6) is -0.518. The molecule has 4 aliphatic heterocycles. The Balaban J connectivity index is 1.07. The van der Waals surface area contributed by atoms with Crippen LogP contribution in [0.5, 0.6) is 0 Å². The molecule has 230 valence electrons. The third kappa shape index (κ3) is 10.8. The summed E-state index contributed by atoms with van der Waals surface area (Å²) in [4.78, 5) is 25.1. The van der Waals surface area contributed by atoms with E-state index in [0.29, 0.717) is 92.1 Å². The Morgan fingerprint density at radius 2 is 0.775 bits per heavy atom. The minimum atomic E-state index is -0.540. The lowest BCUT2D eigenvalue weighted by Gasteiger charge is -2.36. The number of ether oxygens (including phenoxy) is 10. The first-order chi connectivity index (χ1) is 19.7. The topological polar surface area (TPSA) is 126 Å². The smallest absolute Gasteiger partial charge is 0.306 e. The first kappa shape index (κ1) is 31.6. The molecule has 0 saturated carbocycles. The number of carbonyl (C=O) groups excluding carboxylic acids is 2. The van der Waals surface area contributed by atoms with Crippen molar-refractivity contribution in [3.63, 3.8) is 0 Å². The highest BCUT2D eigenvalue weighted by Crippen LogP contribution is 2.21. The van der Waals surface area contributed by atoms with E-state index in [9.17, 15) is 9.59 Å². The van der Waals surface area contributed by atoms with Crippen LogP contribution in [0.2, 0.25) is 0 Å². The minimum absolute atomic E-state index is 0.259. The predicted molar refractivity (Wildman–Crippen MR) is 139 cm³/mol. The Morgan fingerprint density at radius 1 is 0.475 bits per heavy atom. The van der Waals surface area contributed by atoms with Crippen molar-refractivity contribution in [2.45, 2.75) is 88.0 Å². The van der Waals surface area contributed by atoms with Crippen LogP contribution in [0.1, 0.15) is 51.4 Å². The number of hydrogen-bond donors (Lipinski definition) is 0. The largest absolute Gasteiger partial charge is 0.457 e. The zero-order valence-electron chi connectivity index (χ0n) is 23.5. The molecule has 4 atom stereocenters. The van der Waals surface area contributed by atoms with Gasteiger partial charge in [0.15, 0.2) is 12.2 Å². The van der Waals surface area contributed by atoms with E-state index in [4.69, 9.17) is 47.4 Å². The summed E-state index contributed by atoms with van der Waals surface area (Å²) >= 11 is 0. The summed E-state index contributed by atoms with van der Waals surface area (Å²) in [5, 5.41) is 0. The molecule has 4 aliphatic rings. The van der Waals surface area contributed by atoms with E-state index in [1.807, 2.05) is 0 Å². The Bertz CT molecular complexity index is 616. The zero-order valence-corrected chi connectivity index (χ0v) is 23.5. The molecular formula is C28H46O12. The van der Waals surface area contributed by atoms with E-state index < -0.39 is 12.2 Å². The summed E-state index contributed by atoms with van der Waals surface area (Å²) in [6, 6.07) is 0. The molecule has 4 fully saturated rings. The van der Waals surface area contributed by atoms with Crippen LogP contribution in [0, 0.1) is 0 Å². The highest BCUT2D eigenvalue weighted by atomic mass is 16.6. The van der Waals surface area contributed by atoms with Gasteiger partial charge in [0.05, 0.1) is 79.3 Å². The van der Waals surface area contributed by atoms with Crippen LogP contribution in [0.25, 0.3) is 0 Å². The summed E-state index contributed by atoms with van der Waals surface area (Å²) in [6.45, 7) is 5.53. The standard InChI is InChI=1S/C28H46O12/c29-25(39-27(21-17-31-9-13-35-21)22-18-32-10-14-36-22)7-5-3-1-2-4-6-8-26(30)40-28(23-19-33-11-15-37-23)24-20-34-12-16-38-24/h21-24,27-28H,1-20H2. The van der Waals surface area contributed by atoms with Gasteiger partial charge in [-0.3, -0.25) is 9.59 Å². The van der Waals surface area contributed by atoms with Crippen molar-refractivity contribution >= 4 is 11.9 Å². The van der Waals surface area contributed by atoms with E-state index in [1.165, 1.54) is 0 Å². The number of esters is 2. The van der Waals surface area contributed by atoms with Crippen molar-refractivity contribution in [3.05, 3.63) is 0 Å². The number of carbonyl (C=O) groups is 2. The van der Waals surface area contributed by atoms with Gasteiger partial charge in [0.1, 0.15) is 24.4 Å². The molecule has 4 heterocycles. The van der Waals surface area contributed by atoms with Crippen molar-refractivity contribution in [1.29, 1.82) is 0 Å². The van der Waals surface area contributed by atoms with Crippen molar-refractivity contribution in [2.75, 3.05) is 79.3 Å². The highest BCUT2D eigenvalue weighted by molar-refractivity contribution is 5.70. The van der Waals surface area contributed by atoms with Crippen LogP contribution >= 0.6 is 0 Å². The van der Waals surface area contributed by atoms with Gasteiger partial charge < -0.3 is 47.4 Å². The average Bonchev–Trinajstić information content (AvgIpc) is 3.01. The van der Waals surface area contributed by atoms with E-state index in [-0.39, 0.29) is 36.4 Å². The molecule has 4 rings (SSSR count). The maximum absolute atomic E-state index is 12.6. The van der Waals surface area contributed by atoms with Gasteiger partial charge in [-0.2, -0.15) is 0 Å². The van der Waals surface area contributed by atoms with Gasteiger partial charge in [0, 0.05) is 12.8 Å². The minimum Gasteiger partial charge on any atom is -0.457 e. The van der Waals surface area contributed by atoms with E-state index >= 15 is 0 Å². The summed E-state index contributed by atoms with van der Waals surface area (Å²) in [5.41, 5.74) is 0. The highest BCUT2D eigenvalue weighted by Gasteiger charge is 2.38. The lowest BCUT2D eigenvalue weighted by molar-refractivity contribution is -0.211. The molecule has 0 aromatic carbocycles. The molecule has 40 heavy (non-hydrogen) atoms. The number of unbranched alkanes of at least 4 members (excludes halogenated alkanes) is 5. The molecule has 0 radical (unpaired) electrons. The van der Waals surface area contributed by atoms with Crippen LogP contribution in [0.4, 0.5) is 0 Å². The molecular weight excluding hydrogens is 528 g/mol. The van der Waals surface area contributed by atoms with Crippen molar-refractivity contribution < 1.29 is 57.0 Å². The van der Waals surface area contributed by atoms with Crippen LogP contribution in [-0.4, -0.2) is 128 Å². The third-order valence-electron chi connectivity index (χ3n) is 7.38. The van der Waals surface area contributed by atoms with Gasteiger partial charge in [0.25, 0.3) is 0 Å². The number of rotatable bonds is 15. The third-order valence-corrected chi connectivity index (χ3v) is 7.38. The fourth-order valence-electron chi connectivity index (χ4n) is 5.23. The summed E-state index contributed by atoms with van der Waals surface area (Å²) < 4.78 is 56.7. The number of hydrogen-bond acceptors (Lipinski definition) is 12. The normalized spacial score (nSPS) is 29.3. The second kappa shape index (κ2) is 18.2. The lowest BCUT2D eigenvalue weighted by Crippen LogP contribution is -2.51. The second-order valence-corrected chi connectivity index (χ2v) is 10.5. The summed E-state index contributed by atoms with van der Waals surface area (Å²) in [6.07, 6.45) is 3.47. The van der Waals surface area contributed by atoms with Crippen molar-refractivity contribution in [2.24, 2.45) is 0 Å². The van der Waals surface area contributed by atoms with Crippen LogP contribution in [0.3, 0.4) is 0 Å². The Kier molecular flexibility index (Phi) is 14.4. The molecule has 0 aliphatic carbocycles. The SMILES string of the molecule is O=C(CCCCCCCCC(=O)OC(C1COCCO1)C1COCCO1)OC(C1COCCO1)C1COCCO1. The summed E-state index contributed by atoms with van der Waals surface area (Å²) in [7, 11) is 0. The molecule has 0 aromatic heterocycles. The molecule has 0 aromatic rings. The maximum atomic E-state index is 12.6. The van der Waals surface area contributed by atoms with Crippen molar-refractivity contribution in [1.82, 2.24) is 0 Å². The zero-order chi connectivity index (χ0) is 27.8.